The first kappa shape index (κ1) is 13.8. The third-order valence-corrected chi connectivity index (χ3v) is 5.30. The van der Waals surface area contributed by atoms with Gasteiger partial charge >= 0.3 is 0 Å². The van der Waals surface area contributed by atoms with Gasteiger partial charge in [0.1, 0.15) is 0 Å². The van der Waals surface area contributed by atoms with Crippen molar-refractivity contribution >= 4 is 15.9 Å². The minimum atomic E-state index is -3.10. The molecule has 2 aliphatic rings. The summed E-state index contributed by atoms with van der Waals surface area (Å²) in [7, 11) is -3.10. The Kier molecular flexibility index (Phi) is 3.96. The zero-order chi connectivity index (χ0) is 13.3. The van der Waals surface area contributed by atoms with Crippen LogP contribution in [0.25, 0.3) is 0 Å². The molecule has 0 aromatic heterocycles. The van der Waals surface area contributed by atoms with E-state index in [0.29, 0.717) is 31.8 Å². The molecule has 1 saturated heterocycles. The lowest BCUT2D eigenvalue weighted by atomic mass is 9.96. The number of sulfonamides is 1. The number of hydrogen-bond donors (Lipinski definition) is 1. The highest BCUT2D eigenvalue weighted by molar-refractivity contribution is 7.88. The van der Waals surface area contributed by atoms with Crippen molar-refractivity contribution in [2.45, 2.75) is 38.6 Å². The molecule has 18 heavy (non-hydrogen) atoms. The molecular weight excluding hydrogens is 252 g/mol. The molecule has 1 amide bonds. The third kappa shape index (κ3) is 3.45. The second-order valence-electron chi connectivity index (χ2n) is 5.57. The number of nitrogens with one attached hydrogen (secondary N) is 1. The summed E-state index contributed by atoms with van der Waals surface area (Å²) in [4.78, 5) is 12.0. The Bertz CT molecular complexity index is 409. The number of carbonyl (C=O) groups is 1. The van der Waals surface area contributed by atoms with Crippen LogP contribution < -0.4 is 5.32 Å². The smallest absolute Gasteiger partial charge is 0.223 e. The molecule has 1 atom stereocenters. The summed E-state index contributed by atoms with van der Waals surface area (Å²) >= 11 is 0. The highest BCUT2D eigenvalue weighted by Crippen LogP contribution is 2.32. The van der Waals surface area contributed by atoms with Crippen molar-refractivity contribution < 1.29 is 13.2 Å². The Morgan fingerprint density at radius 2 is 1.78 bits per heavy atom. The summed E-state index contributed by atoms with van der Waals surface area (Å²) in [5.74, 6) is 0.733. The first-order chi connectivity index (χ1) is 8.38. The van der Waals surface area contributed by atoms with Gasteiger partial charge in [0.25, 0.3) is 0 Å². The monoisotopic (exact) mass is 274 g/mol. The normalized spacial score (nSPS) is 24.8. The number of nitrogens with zero attached hydrogens (tertiary/aromatic N) is 1. The molecule has 2 fully saturated rings. The Morgan fingerprint density at radius 3 is 2.22 bits per heavy atom. The van der Waals surface area contributed by atoms with Crippen LogP contribution in [0, 0.1) is 11.8 Å². The van der Waals surface area contributed by atoms with Crippen molar-refractivity contribution in [2.75, 3.05) is 19.3 Å². The molecule has 1 N–H and O–H groups in total. The second-order valence-corrected chi connectivity index (χ2v) is 7.55. The van der Waals surface area contributed by atoms with Crippen LogP contribution in [0.4, 0.5) is 0 Å². The maximum absolute atomic E-state index is 12.0. The molecule has 0 radical (unpaired) electrons. The fourth-order valence-corrected chi connectivity index (χ4v) is 3.38. The summed E-state index contributed by atoms with van der Waals surface area (Å²) in [6.45, 7) is 2.99. The molecule has 0 spiro atoms. The van der Waals surface area contributed by atoms with Crippen molar-refractivity contribution in [3.63, 3.8) is 0 Å². The lowest BCUT2D eigenvalue weighted by molar-refractivity contribution is -0.126. The van der Waals surface area contributed by atoms with Crippen LogP contribution in [0.2, 0.25) is 0 Å². The number of rotatable bonds is 4. The molecule has 6 heteroatoms. The zero-order valence-corrected chi connectivity index (χ0v) is 11.9. The van der Waals surface area contributed by atoms with Crippen LogP contribution in [0.5, 0.6) is 0 Å². The van der Waals surface area contributed by atoms with Crippen LogP contribution >= 0.6 is 0 Å². The van der Waals surface area contributed by atoms with Crippen LogP contribution in [0.15, 0.2) is 0 Å². The summed E-state index contributed by atoms with van der Waals surface area (Å²) in [5.41, 5.74) is 0. The van der Waals surface area contributed by atoms with Gasteiger partial charge in [-0.2, -0.15) is 0 Å². The van der Waals surface area contributed by atoms with E-state index in [2.05, 4.69) is 12.2 Å². The molecule has 0 unspecified atom stereocenters. The van der Waals surface area contributed by atoms with E-state index < -0.39 is 10.0 Å². The van der Waals surface area contributed by atoms with Crippen molar-refractivity contribution in [1.82, 2.24) is 9.62 Å². The molecular formula is C12H22N2O3S. The maximum atomic E-state index is 12.0. The van der Waals surface area contributed by atoms with Gasteiger partial charge in [-0.1, -0.05) is 0 Å². The Morgan fingerprint density at radius 1 is 1.22 bits per heavy atom. The topological polar surface area (TPSA) is 66.5 Å². The van der Waals surface area contributed by atoms with Crippen LogP contribution in [0.1, 0.15) is 32.6 Å². The Balaban J connectivity index is 1.80. The first-order valence-electron chi connectivity index (χ1n) is 6.63. The minimum Gasteiger partial charge on any atom is -0.353 e. The fourth-order valence-electron chi connectivity index (χ4n) is 2.51. The largest absolute Gasteiger partial charge is 0.353 e. The summed E-state index contributed by atoms with van der Waals surface area (Å²) in [6, 6.07) is 0.269. The van der Waals surface area contributed by atoms with Gasteiger partial charge in [0.2, 0.25) is 15.9 Å². The lowest BCUT2D eigenvalue weighted by Gasteiger charge is -2.30. The van der Waals surface area contributed by atoms with E-state index in [1.165, 1.54) is 23.4 Å². The summed E-state index contributed by atoms with van der Waals surface area (Å²) < 4.78 is 24.2. The van der Waals surface area contributed by atoms with Gasteiger partial charge in [-0.3, -0.25) is 4.79 Å². The quantitative estimate of drug-likeness (QED) is 0.815. The van der Waals surface area contributed by atoms with Crippen molar-refractivity contribution in [1.29, 1.82) is 0 Å². The van der Waals surface area contributed by atoms with Gasteiger partial charge in [0.05, 0.1) is 6.26 Å². The average molecular weight is 274 g/mol. The van der Waals surface area contributed by atoms with Gasteiger partial charge in [-0.15, -0.1) is 0 Å². The van der Waals surface area contributed by atoms with Gasteiger partial charge in [0.15, 0.2) is 0 Å². The highest BCUT2D eigenvalue weighted by atomic mass is 32.2. The molecule has 1 heterocycles. The van der Waals surface area contributed by atoms with Crippen molar-refractivity contribution in [2.24, 2.45) is 11.8 Å². The van der Waals surface area contributed by atoms with Gasteiger partial charge in [-0.05, 0) is 38.5 Å². The van der Waals surface area contributed by atoms with E-state index >= 15 is 0 Å². The number of amides is 1. The fraction of sp³-hybridized carbons (Fsp3) is 0.917. The first-order valence-corrected chi connectivity index (χ1v) is 8.48. The van der Waals surface area contributed by atoms with E-state index in [4.69, 9.17) is 0 Å². The molecule has 0 aromatic carbocycles. The van der Waals surface area contributed by atoms with Crippen LogP contribution in [0.3, 0.4) is 0 Å². The van der Waals surface area contributed by atoms with Crippen LogP contribution in [-0.2, 0) is 14.8 Å². The van der Waals surface area contributed by atoms with Crippen molar-refractivity contribution in [3.05, 3.63) is 0 Å². The van der Waals surface area contributed by atoms with Crippen molar-refractivity contribution in [3.8, 4) is 0 Å². The number of carbonyl (C=O) groups excluding carboxylic acids is 1. The van der Waals surface area contributed by atoms with Crippen LogP contribution in [-0.4, -0.2) is 44.0 Å². The number of hydrogen-bond acceptors (Lipinski definition) is 3. The average Bonchev–Trinajstić information content (AvgIpc) is 3.11. The van der Waals surface area contributed by atoms with Gasteiger partial charge in [-0.25, -0.2) is 12.7 Å². The predicted molar refractivity (Wildman–Crippen MR) is 69.5 cm³/mol. The van der Waals surface area contributed by atoms with E-state index in [1.54, 1.807) is 0 Å². The second kappa shape index (κ2) is 5.17. The summed E-state index contributed by atoms with van der Waals surface area (Å²) in [5, 5.41) is 3.06. The standard InChI is InChI=1S/C12H22N2O3S/c1-9(10-3-4-10)13-12(15)11-5-7-14(8-6-11)18(2,16)17/h9-11H,3-8H2,1-2H3,(H,13,15)/t9-/m0/s1. The summed E-state index contributed by atoms with van der Waals surface area (Å²) in [6.07, 6.45) is 4.93. The van der Waals surface area contributed by atoms with E-state index in [-0.39, 0.29) is 17.9 Å². The third-order valence-electron chi connectivity index (χ3n) is 3.99. The molecule has 5 nitrogen and oxygen atoms in total. The molecule has 1 saturated carbocycles. The molecule has 0 bridgehead atoms. The van der Waals surface area contributed by atoms with E-state index in [0.717, 1.165) is 0 Å². The zero-order valence-electron chi connectivity index (χ0n) is 11.1. The molecule has 2 rings (SSSR count). The molecule has 1 aliphatic heterocycles. The van der Waals surface area contributed by atoms with E-state index in [9.17, 15) is 13.2 Å². The minimum absolute atomic E-state index is 0.0239. The Hall–Kier alpha value is -0.620. The molecule has 1 aliphatic carbocycles. The molecule has 0 aromatic rings. The lowest BCUT2D eigenvalue weighted by Crippen LogP contribution is -2.44. The van der Waals surface area contributed by atoms with Gasteiger partial charge < -0.3 is 5.32 Å². The Labute approximate surface area is 109 Å². The number of piperidine rings is 1. The molecule has 104 valence electrons. The highest BCUT2D eigenvalue weighted by Gasteiger charge is 2.33. The van der Waals surface area contributed by atoms with E-state index in [1.807, 2.05) is 0 Å². The van der Waals surface area contributed by atoms with Gasteiger partial charge in [0, 0.05) is 25.0 Å². The predicted octanol–water partition coefficient (Wildman–Crippen LogP) is 0.573. The maximum Gasteiger partial charge on any atom is 0.223 e. The SMILES string of the molecule is C[C@H](NC(=O)C1CCN(S(C)(=O)=O)CC1)C1CC1.